The lowest BCUT2D eigenvalue weighted by Crippen LogP contribution is -2.31. The van der Waals surface area contributed by atoms with Crippen LogP contribution >= 0.6 is 0 Å². The zero-order chi connectivity index (χ0) is 20.3. The summed E-state index contributed by atoms with van der Waals surface area (Å²) in [6.07, 6.45) is 2.69. The highest BCUT2D eigenvalue weighted by atomic mass is 16.5. The summed E-state index contributed by atoms with van der Waals surface area (Å²) < 4.78 is 5.49. The van der Waals surface area contributed by atoms with Gasteiger partial charge in [-0.1, -0.05) is 25.1 Å². The van der Waals surface area contributed by atoms with Gasteiger partial charge in [0.15, 0.2) is 6.61 Å². The van der Waals surface area contributed by atoms with E-state index in [2.05, 4.69) is 5.32 Å². The van der Waals surface area contributed by atoms with E-state index in [1.807, 2.05) is 57.2 Å². The van der Waals surface area contributed by atoms with Crippen LogP contribution in [0.2, 0.25) is 0 Å². The average molecular weight is 381 g/mol. The van der Waals surface area contributed by atoms with E-state index in [4.69, 9.17) is 9.84 Å². The number of hydrogen-bond donors (Lipinski definition) is 2. The van der Waals surface area contributed by atoms with Gasteiger partial charge >= 0.3 is 5.97 Å². The number of benzene rings is 2. The number of carboxylic acid groups (broad SMARTS) is 1. The van der Waals surface area contributed by atoms with Gasteiger partial charge in [-0.2, -0.15) is 0 Å². The summed E-state index contributed by atoms with van der Waals surface area (Å²) in [5.41, 5.74) is 5.44. The van der Waals surface area contributed by atoms with Crippen LogP contribution in [0.3, 0.4) is 0 Å². The van der Waals surface area contributed by atoms with Crippen molar-refractivity contribution in [1.82, 2.24) is 0 Å². The lowest BCUT2D eigenvalue weighted by atomic mass is 9.74. The molecular weight excluding hydrogens is 354 g/mol. The fourth-order valence-electron chi connectivity index (χ4n) is 4.03. The van der Waals surface area contributed by atoms with Gasteiger partial charge < -0.3 is 15.2 Å². The van der Waals surface area contributed by atoms with Crippen molar-refractivity contribution in [2.45, 2.75) is 40.0 Å². The number of amides is 1. The van der Waals surface area contributed by atoms with Crippen molar-refractivity contribution in [2.24, 2.45) is 11.8 Å². The predicted molar refractivity (Wildman–Crippen MR) is 109 cm³/mol. The second-order valence-electron chi connectivity index (χ2n) is 7.60. The molecular formula is C23H27NO4. The monoisotopic (exact) mass is 381 g/mol. The van der Waals surface area contributed by atoms with Gasteiger partial charge in [-0.05, 0) is 79.5 Å². The summed E-state index contributed by atoms with van der Waals surface area (Å²) in [5.74, 6) is -0.201. The molecule has 2 N–H and O–H groups in total. The molecule has 2 aromatic rings. The summed E-state index contributed by atoms with van der Waals surface area (Å²) in [4.78, 5) is 23.6. The van der Waals surface area contributed by atoms with Gasteiger partial charge in [-0.25, -0.2) is 4.79 Å². The summed E-state index contributed by atoms with van der Waals surface area (Å²) in [6.45, 7) is 5.66. The Labute approximate surface area is 165 Å². The molecule has 0 aromatic heterocycles. The number of hydrogen-bond acceptors (Lipinski definition) is 3. The minimum absolute atomic E-state index is 0.0345. The van der Waals surface area contributed by atoms with Crippen molar-refractivity contribution >= 4 is 17.6 Å². The molecule has 0 saturated carbocycles. The molecule has 1 aliphatic rings. The zero-order valence-corrected chi connectivity index (χ0v) is 16.6. The number of fused-ring (bicyclic) bond motifs is 1. The van der Waals surface area contributed by atoms with Crippen molar-refractivity contribution in [3.63, 3.8) is 0 Å². The van der Waals surface area contributed by atoms with Crippen LogP contribution in [-0.4, -0.2) is 23.6 Å². The lowest BCUT2D eigenvalue weighted by molar-refractivity contribution is -0.139. The number of ether oxygens (including phenoxy) is 1. The minimum atomic E-state index is -0.987. The van der Waals surface area contributed by atoms with E-state index in [1.54, 1.807) is 0 Å². The van der Waals surface area contributed by atoms with Gasteiger partial charge in [-0.3, -0.25) is 4.79 Å². The molecule has 2 aromatic carbocycles. The normalized spacial score (nSPS) is 16.8. The molecule has 0 saturated heterocycles. The highest BCUT2D eigenvalue weighted by molar-refractivity contribution is 5.92. The second kappa shape index (κ2) is 8.46. The molecule has 0 fully saturated rings. The Hall–Kier alpha value is -2.82. The molecule has 2 unspecified atom stereocenters. The summed E-state index contributed by atoms with van der Waals surface area (Å²) >= 11 is 0. The Bertz CT molecular complexity index is 876. The highest BCUT2D eigenvalue weighted by Crippen LogP contribution is 2.38. The first kappa shape index (κ1) is 19.9. The van der Waals surface area contributed by atoms with E-state index >= 15 is 0 Å². The third kappa shape index (κ3) is 4.35. The predicted octanol–water partition coefficient (Wildman–Crippen LogP) is 4.15. The van der Waals surface area contributed by atoms with Crippen molar-refractivity contribution in [2.75, 3.05) is 11.9 Å². The largest absolute Gasteiger partial charge is 0.482 e. The standard InChI is InChI=1S/C23H27NO4/c1-14-11-21(28-13-22(25)26)16(3)20-12-17(9-10-19(14)20)15(2)23(27)24-18-7-5-4-6-8-18/h4-8,11,15,17H,9-10,12-13H2,1-3H3,(H,24,27)(H,25,26). The average Bonchev–Trinajstić information content (AvgIpc) is 2.69. The van der Waals surface area contributed by atoms with Crippen LogP contribution in [-0.2, 0) is 22.4 Å². The van der Waals surface area contributed by atoms with Crippen molar-refractivity contribution in [3.8, 4) is 5.75 Å². The van der Waals surface area contributed by atoms with Crippen LogP contribution in [0.1, 0.15) is 35.6 Å². The van der Waals surface area contributed by atoms with Gasteiger partial charge in [0.25, 0.3) is 0 Å². The Morgan fingerprint density at radius 2 is 1.93 bits per heavy atom. The number of rotatable bonds is 6. The molecule has 2 atom stereocenters. The van der Waals surface area contributed by atoms with Gasteiger partial charge in [-0.15, -0.1) is 0 Å². The van der Waals surface area contributed by atoms with Crippen LogP contribution in [0.15, 0.2) is 36.4 Å². The first-order valence-corrected chi connectivity index (χ1v) is 9.69. The number of anilines is 1. The topological polar surface area (TPSA) is 75.6 Å². The number of carbonyl (C=O) groups excluding carboxylic acids is 1. The first-order valence-electron chi connectivity index (χ1n) is 9.69. The maximum absolute atomic E-state index is 12.7. The van der Waals surface area contributed by atoms with Gasteiger partial charge in [0.05, 0.1) is 0 Å². The minimum Gasteiger partial charge on any atom is -0.482 e. The van der Waals surface area contributed by atoms with E-state index in [-0.39, 0.29) is 24.3 Å². The molecule has 5 heteroatoms. The number of nitrogens with one attached hydrogen (secondary N) is 1. The van der Waals surface area contributed by atoms with Crippen LogP contribution in [0.5, 0.6) is 5.75 Å². The Balaban J connectivity index is 1.77. The number of aryl methyl sites for hydroxylation is 1. The first-order chi connectivity index (χ1) is 13.4. The van der Waals surface area contributed by atoms with E-state index < -0.39 is 5.97 Å². The van der Waals surface area contributed by atoms with E-state index in [9.17, 15) is 9.59 Å². The summed E-state index contributed by atoms with van der Waals surface area (Å²) in [5, 5.41) is 11.9. The molecule has 0 aliphatic heterocycles. The van der Waals surface area contributed by atoms with Gasteiger partial charge in [0.1, 0.15) is 5.75 Å². The maximum atomic E-state index is 12.7. The number of aliphatic carboxylic acids is 1. The van der Waals surface area contributed by atoms with Crippen LogP contribution in [0.4, 0.5) is 5.69 Å². The quantitative estimate of drug-likeness (QED) is 0.788. The molecule has 28 heavy (non-hydrogen) atoms. The zero-order valence-electron chi connectivity index (χ0n) is 16.6. The Kier molecular flexibility index (Phi) is 6.02. The van der Waals surface area contributed by atoms with Gasteiger partial charge in [0.2, 0.25) is 5.91 Å². The number of carboxylic acids is 1. The van der Waals surface area contributed by atoms with E-state index in [1.165, 1.54) is 11.1 Å². The third-order valence-corrected chi connectivity index (χ3v) is 5.75. The van der Waals surface area contributed by atoms with Crippen LogP contribution in [0, 0.1) is 25.7 Å². The van der Waals surface area contributed by atoms with Crippen molar-refractivity contribution in [3.05, 3.63) is 58.7 Å². The van der Waals surface area contributed by atoms with E-state index in [0.29, 0.717) is 5.75 Å². The summed E-state index contributed by atoms with van der Waals surface area (Å²) in [6, 6.07) is 11.4. The molecule has 0 bridgehead atoms. The Morgan fingerprint density at radius 1 is 1.21 bits per heavy atom. The molecule has 0 spiro atoms. The Morgan fingerprint density at radius 3 is 2.61 bits per heavy atom. The molecule has 0 radical (unpaired) electrons. The fraction of sp³-hybridized carbons (Fsp3) is 0.391. The fourth-order valence-corrected chi connectivity index (χ4v) is 4.03. The molecule has 1 aliphatic carbocycles. The SMILES string of the molecule is Cc1cc(OCC(=O)O)c(C)c2c1CCC(C(C)C(=O)Nc1ccccc1)C2. The number of para-hydroxylation sites is 1. The maximum Gasteiger partial charge on any atom is 0.341 e. The van der Waals surface area contributed by atoms with E-state index in [0.717, 1.165) is 36.1 Å². The molecule has 3 rings (SSSR count). The van der Waals surface area contributed by atoms with Gasteiger partial charge in [0, 0.05) is 11.6 Å². The van der Waals surface area contributed by atoms with Crippen molar-refractivity contribution in [1.29, 1.82) is 0 Å². The number of carbonyl (C=O) groups is 2. The van der Waals surface area contributed by atoms with Crippen molar-refractivity contribution < 1.29 is 19.4 Å². The highest BCUT2D eigenvalue weighted by Gasteiger charge is 2.30. The molecule has 0 heterocycles. The second-order valence-corrected chi connectivity index (χ2v) is 7.60. The van der Waals surface area contributed by atoms with Crippen LogP contribution in [0.25, 0.3) is 0 Å². The smallest absolute Gasteiger partial charge is 0.341 e. The molecule has 148 valence electrons. The van der Waals surface area contributed by atoms with Crippen LogP contribution < -0.4 is 10.1 Å². The molecule has 5 nitrogen and oxygen atoms in total. The lowest BCUT2D eigenvalue weighted by Gasteiger charge is -2.31. The molecule has 1 amide bonds. The summed E-state index contributed by atoms with van der Waals surface area (Å²) in [7, 11) is 0. The third-order valence-electron chi connectivity index (χ3n) is 5.75.